The Labute approximate surface area is 88.7 Å². The Morgan fingerprint density at radius 2 is 2.00 bits per heavy atom. The zero-order chi connectivity index (χ0) is 11.1. The van der Waals surface area contributed by atoms with Gasteiger partial charge in [-0.05, 0) is 26.8 Å². The van der Waals surface area contributed by atoms with Crippen molar-refractivity contribution < 1.29 is 0 Å². The third kappa shape index (κ3) is 1.65. The van der Waals surface area contributed by atoms with Crippen molar-refractivity contribution in [2.75, 3.05) is 0 Å². The molecule has 0 aliphatic carbocycles. The van der Waals surface area contributed by atoms with Crippen LogP contribution in [0.2, 0.25) is 0 Å². The summed E-state index contributed by atoms with van der Waals surface area (Å²) in [5, 5.41) is 12.2. The lowest BCUT2D eigenvalue weighted by Crippen LogP contribution is -2.22. The minimum atomic E-state index is -0.0247. The SMILES string of the molecule is Cn1nccc1-c1nncn1C(C)(C)C. The van der Waals surface area contributed by atoms with Gasteiger partial charge in [0.1, 0.15) is 12.0 Å². The molecule has 2 aromatic heterocycles. The first-order valence-corrected chi connectivity index (χ1v) is 4.89. The van der Waals surface area contributed by atoms with Crippen LogP contribution in [0.25, 0.3) is 11.5 Å². The van der Waals surface area contributed by atoms with E-state index in [2.05, 4.69) is 36.1 Å². The van der Waals surface area contributed by atoms with Crippen molar-refractivity contribution in [2.45, 2.75) is 26.3 Å². The lowest BCUT2D eigenvalue weighted by Gasteiger charge is -2.22. The van der Waals surface area contributed by atoms with Crippen LogP contribution in [0.15, 0.2) is 18.6 Å². The molecular formula is C10H15N5. The van der Waals surface area contributed by atoms with E-state index in [-0.39, 0.29) is 5.54 Å². The van der Waals surface area contributed by atoms with Crippen molar-refractivity contribution in [2.24, 2.45) is 7.05 Å². The number of nitrogens with zero attached hydrogens (tertiary/aromatic N) is 5. The first-order chi connectivity index (χ1) is 7.00. The van der Waals surface area contributed by atoms with Crippen LogP contribution in [0, 0.1) is 0 Å². The van der Waals surface area contributed by atoms with Gasteiger partial charge >= 0.3 is 0 Å². The van der Waals surface area contributed by atoms with Crippen LogP contribution >= 0.6 is 0 Å². The number of hydrogen-bond donors (Lipinski definition) is 0. The Bertz CT molecular complexity index is 460. The summed E-state index contributed by atoms with van der Waals surface area (Å²) < 4.78 is 3.84. The van der Waals surface area contributed by atoms with Gasteiger partial charge < -0.3 is 4.57 Å². The average molecular weight is 205 g/mol. The van der Waals surface area contributed by atoms with Crippen molar-refractivity contribution in [1.29, 1.82) is 0 Å². The molecule has 0 saturated carbocycles. The molecule has 2 heterocycles. The van der Waals surface area contributed by atoms with Crippen LogP contribution in [0.1, 0.15) is 20.8 Å². The molecular weight excluding hydrogens is 190 g/mol. The van der Waals surface area contributed by atoms with Gasteiger partial charge in [0.15, 0.2) is 5.82 Å². The zero-order valence-electron chi connectivity index (χ0n) is 9.47. The maximum Gasteiger partial charge on any atom is 0.182 e. The van der Waals surface area contributed by atoms with E-state index in [1.165, 1.54) is 0 Å². The van der Waals surface area contributed by atoms with E-state index in [1.807, 2.05) is 17.7 Å². The van der Waals surface area contributed by atoms with E-state index < -0.39 is 0 Å². The van der Waals surface area contributed by atoms with Crippen LogP contribution in [0.3, 0.4) is 0 Å². The molecule has 0 atom stereocenters. The van der Waals surface area contributed by atoms with E-state index in [0.717, 1.165) is 11.5 Å². The van der Waals surface area contributed by atoms with E-state index in [1.54, 1.807) is 17.2 Å². The summed E-state index contributed by atoms with van der Waals surface area (Å²) in [5.74, 6) is 0.850. The molecule has 0 aromatic carbocycles. The molecule has 0 aliphatic heterocycles. The highest BCUT2D eigenvalue weighted by atomic mass is 15.3. The highest BCUT2D eigenvalue weighted by Crippen LogP contribution is 2.22. The molecule has 15 heavy (non-hydrogen) atoms. The lowest BCUT2D eigenvalue weighted by atomic mass is 10.1. The van der Waals surface area contributed by atoms with Gasteiger partial charge in [0.2, 0.25) is 0 Å². The normalized spacial score (nSPS) is 12.0. The molecule has 0 aliphatic rings. The monoisotopic (exact) mass is 205 g/mol. The van der Waals surface area contributed by atoms with Gasteiger partial charge in [0, 0.05) is 18.8 Å². The molecule has 0 unspecified atom stereocenters. The van der Waals surface area contributed by atoms with Gasteiger partial charge in [0.25, 0.3) is 0 Å². The van der Waals surface area contributed by atoms with Gasteiger partial charge in [-0.1, -0.05) is 0 Å². The lowest BCUT2D eigenvalue weighted by molar-refractivity contribution is 0.398. The molecule has 0 N–H and O–H groups in total. The molecule has 5 nitrogen and oxygen atoms in total. The van der Waals surface area contributed by atoms with Gasteiger partial charge in [-0.15, -0.1) is 10.2 Å². The fraction of sp³-hybridized carbons (Fsp3) is 0.500. The van der Waals surface area contributed by atoms with Crippen molar-refractivity contribution in [3.05, 3.63) is 18.6 Å². The Hall–Kier alpha value is -1.65. The van der Waals surface area contributed by atoms with Crippen molar-refractivity contribution in [3.63, 3.8) is 0 Å². The topological polar surface area (TPSA) is 48.5 Å². The number of aromatic nitrogens is 5. The second kappa shape index (κ2) is 3.18. The minimum Gasteiger partial charge on any atom is -0.307 e. The number of hydrogen-bond acceptors (Lipinski definition) is 3. The third-order valence-corrected chi connectivity index (χ3v) is 2.32. The van der Waals surface area contributed by atoms with E-state index in [9.17, 15) is 0 Å². The fourth-order valence-electron chi connectivity index (χ4n) is 1.49. The van der Waals surface area contributed by atoms with Crippen molar-refractivity contribution >= 4 is 0 Å². The Morgan fingerprint density at radius 3 is 2.53 bits per heavy atom. The number of aryl methyl sites for hydroxylation is 1. The number of rotatable bonds is 1. The summed E-state index contributed by atoms with van der Waals surface area (Å²) in [5.41, 5.74) is 0.950. The fourth-order valence-corrected chi connectivity index (χ4v) is 1.49. The molecule has 5 heteroatoms. The molecule has 80 valence electrons. The third-order valence-electron chi connectivity index (χ3n) is 2.32. The smallest absolute Gasteiger partial charge is 0.182 e. The highest BCUT2D eigenvalue weighted by Gasteiger charge is 2.20. The van der Waals surface area contributed by atoms with Gasteiger partial charge in [0.05, 0.1) is 0 Å². The van der Waals surface area contributed by atoms with Crippen LogP contribution in [0.4, 0.5) is 0 Å². The second-order valence-electron chi connectivity index (χ2n) is 4.54. The van der Waals surface area contributed by atoms with E-state index in [4.69, 9.17) is 0 Å². The van der Waals surface area contributed by atoms with Crippen LogP contribution in [0.5, 0.6) is 0 Å². The molecule has 0 radical (unpaired) electrons. The zero-order valence-corrected chi connectivity index (χ0v) is 9.47. The maximum atomic E-state index is 4.14. The maximum absolute atomic E-state index is 4.14. The second-order valence-corrected chi connectivity index (χ2v) is 4.54. The van der Waals surface area contributed by atoms with Crippen LogP contribution in [-0.2, 0) is 12.6 Å². The summed E-state index contributed by atoms with van der Waals surface area (Å²) in [6.45, 7) is 6.36. The molecule has 0 saturated heterocycles. The molecule has 2 aromatic rings. The largest absolute Gasteiger partial charge is 0.307 e. The van der Waals surface area contributed by atoms with E-state index >= 15 is 0 Å². The summed E-state index contributed by atoms with van der Waals surface area (Å²) in [7, 11) is 1.90. The minimum absolute atomic E-state index is 0.0247. The molecule has 2 rings (SSSR count). The molecule has 0 amide bonds. The Morgan fingerprint density at radius 1 is 1.27 bits per heavy atom. The average Bonchev–Trinajstić information content (AvgIpc) is 2.69. The van der Waals surface area contributed by atoms with Crippen LogP contribution < -0.4 is 0 Å². The summed E-state index contributed by atoms with van der Waals surface area (Å²) >= 11 is 0. The summed E-state index contributed by atoms with van der Waals surface area (Å²) in [4.78, 5) is 0. The van der Waals surface area contributed by atoms with Gasteiger partial charge in [-0.2, -0.15) is 5.10 Å². The van der Waals surface area contributed by atoms with Crippen molar-refractivity contribution in [1.82, 2.24) is 24.5 Å². The van der Waals surface area contributed by atoms with Gasteiger partial charge in [-0.25, -0.2) is 0 Å². The predicted octanol–water partition coefficient (Wildman–Crippen LogP) is 1.43. The Kier molecular flexibility index (Phi) is 2.10. The van der Waals surface area contributed by atoms with Crippen molar-refractivity contribution in [3.8, 4) is 11.5 Å². The highest BCUT2D eigenvalue weighted by molar-refractivity contribution is 5.49. The van der Waals surface area contributed by atoms with Gasteiger partial charge in [-0.3, -0.25) is 4.68 Å². The predicted molar refractivity (Wildman–Crippen MR) is 57.2 cm³/mol. The first-order valence-electron chi connectivity index (χ1n) is 4.89. The molecule has 0 spiro atoms. The Balaban J connectivity index is 2.56. The first kappa shape index (κ1) is 9.89. The van der Waals surface area contributed by atoms with Crippen LogP contribution in [-0.4, -0.2) is 24.5 Å². The van der Waals surface area contributed by atoms with E-state index in [0.29, 0.717) is 0 Å². The summed E-state index contributed by atoms with van der Waals surface area (Å²) in [6.07, 6.45) is 3.51. The molecule has 0 fully saturated rings. The quantitative estimate of drug-likeness (QED) is 0.707. The molecule has 0 bridgehead atoms. The standard InChI is InChI=1S/C10H15N5/c1-10(2,3)15-7-11-13-9(15)8-5-6-12-14(8)4/h5-7H,1-4H3. The summed E-state index contributed by atoms with van der Waals surface area (Å²) in [6, 6.07) is 1.94.